The van der Waals surface area contributed by atoms with Crippen LogP contribution in [-0.2, 0) is 26.3 Å². The Morgan fingerprint density at radius 3 is 2.38 bits per heavy atom. The minimum absolute atomic E-state index is 0.188. The van der Waals surface area contributed by atoms with E-state index in [-0.39, 0.29) is 6.42 Å². The average Bonchev–Trinajstić information content (AvgIpc) is 2.64. The van der Waals surface area contributed by atoms with Gasteiger partial charge in [0.25, 0.3) is 0 Å². The fraction of sp³-hybridized carbons (Fsp3) is 0.400. The molecule has 2 aromatic rings. The number of aryl methyl sites for hydroxylation is 2. The number of hydrogen-bond donors (Lipinski definition) is 1. The van der Waals surface area contributed by atoms with Gasteiger partial charge in [-0.25, -0.2) is 8.78 Å². The maximum absolute atomic E-state index is 13.1. The first-order valence-electron chi connectivity index (χ1n) is 6.74. The van der Waals surface area contributed by atoms with Crippen LogP contribution in [0, 0.1) is 11.6 Å². The standard InChI is InChI=1S/C15H17BrF2N2O/c1-3-13-15(16)14(20(2)19-13)8-12(21)6-9-4-10(17)7-11(18)5-9/h4-5,7,12,21H,3,6,8H2,1-2H3. The van der Waals surface area contributed by atoms with E-state index in [0.29, 0.717) is 12.0 Å². The molecule has 0 aliphatic rings. The smallest absolute Gasteiger partial charge is 0.126 e. The van der Waals surface area contributed by atoms with Crippen LogP contribution in [0.25, 0.3) is 0 Å². The van der Waals surface area contributed by atoms with E-state index in [1.165, 1.54) is 12.1 Å². The summed E-state index contributed by atoms with van der Waals surface area (Å²) in [6.07, 6.45) is 0.609. The molecule has 21 heavy (non-hydrogen) atoms. The van der Waals surface area contributed by atoms with Crippen LogP contribution < -0.4 is 0 Å². The number of aliphatic hydroxyl groups is 1. The van der Waals surface area contributed by atoms with E-state index in [4.69, 9.17) is 0 Å². The Morgan fingerprint density at radius 1 is 1.24 bits per heavy atom. The Kier molecular flexibility index (Phi) is 5.11. The zero-order valence-electron chi connectivity index (χ0n) is 11.9. The van der Waals surface area contributed by atoms with Gasteiger partial charge in [-0.05, 0) is 46.5 Å². The lowest BCUT2D eigenvalue weighted by molar-refractivity contribution is 0.172. The van der Waals surface area contributed by atoms with E-state index in [1.54, 1.807) is 4.68 Å². The van der Waals surface area contributed by atoms with E-state index in [9.17, 15) is 13.9 Å². The van der Waals surface area contributed by atoms with Crippen molar-refractivity contribution in [2.24, 2.45) is 7.05 Å². The fourth-order valence-corrected chi connectivity index (χ4v) is 3.12. The molecule has 2 rings (SSSR count). The molecule has 0 fully saturated rings. The van der Waals surface area contributed by atoms with Gasteiger partial charge in [0.05, 0.1) is 22.0 Å². The van der Waals surface area contributed by atoms with Crippen molar-refractivity contribution in [3.63, 3.8) is 0 Å². The summed E-state index contributed by atoms with van der Waals surface area (Å²) in [5.41, 5.74) is 2.24. The van der Waals surface area contributed by atoms with Crippen molar-refractivity contribution in [3.05, 3.63) is 51.3 Å². The van der Waals surface area contributed by atoms with Crippen molar-refractivity contribution >= 4 is 15.9 Å². The molecule has 0 aliphatic carbocycles. The molecule has 6 heteroatoms. The van der Waals surface area contributed by atoms with Gasteiger partial charge >= 0.3 is 0 Å². The molecule has 0 spiro atoms. The lowest BCUT2D eigenvalue weighted by atomic mass is 10.0. The fourth-order valence-electron chi connectivity index (χ4n) is 2.34. The SMILES string of the molecule is CCc1nn(C)c(CC(O)Cc2cc(F)cc(F)c2)c1Br. The lowest BCUT2D eigenvalue weighted by Gasteiger charge is -2.11. The van der Waals surface area contributed by atoms with Crippen LogP contribution in [0.5, 0.6) is 0 Å². The highest BCUT2D eigenvalue weighted by molar-refractivity contribution is 9.10. The molecule has 0 bridgehead atoms. The molecule has 1 aromatic heterocycles. The lowest BCUT2D eigenvalue weighted by Crippen LogP contribution is -2.16. The number of rotatable bonds is 5. The zero-order chi connectivity index (χ0) is 15.6. The largest absolute Gasteiger partial charge is 0.392 e. The van der Waals surface area contributed by atoms with Crippen LogP contribution in [0.15, 0.2) is 22.7 Å². The molecule has 0 aliphatic heterocycles. The second kappa shape index (κ2) is 6.66. The minimum Gasteiger partial charge on any atom is -0.392 e. The first-order valence-corrected chi connectivity index (χ1v) is 7.53. The van der Waals surface area contributed by atoms with Crippen molar-refractivity contribution in [1.29, 1.82) is 0 Å². The van der Waals surface area contributed by atoms with E-state index in [2.05, 4.69) is 21.0 Å². The monoisotopic (exact) mass is 358 g/mol. The normalized spacial score (nSPS) is 12.7. The van der Waals surface area contributed by atoms with Gasteiger partial charge in [0.1, 0.15) is 11.6 Å². The first-order chi connectivity index (χ1) is 9.90. The van der Waals surface area contributed by atoms with Gasteiger partial charge in [0, 0.05) is 19.5 Å². The Hall–Kier alpha value is -1.27. The van der Waals surface area contributed by atoms with E-state index >= 15 is 0 Å². The topological polar surface area (TPSA) is 38.0 Å². The number of benzene rings is 1. The van der Waals surface area contributed by atoms with Gasteiger partial charge in [-0.3, -0.25) is 4.68 Å². The van der Waals surface area contributed by atoms with Crippen molar-refractivity contribution < 1.29 is 13.9 Å². The molecule has 1 N–H and O–H groups in total. The molecule has 1 heterocycles. The molecule has 1 aromatic carbocycles. The third kappa shape index (κ3) is 3.89. The molecular weight excluding hydrogens is 342 g/mol. The van der Waals surface area contributed by atoms with Crippen LogP contribution in [0.2, 0.25) is 0 Å². The average molecular weight is 359 g/mol. The summed E-state index contributed by atoms with van der Waals surface area (Å²) in [7, 11) is 1.81. The molecule has 0 radical (unpaired) electrons. The summed E-state index contributed by atoms with van der Waals surface area (Å²) in [4.78, 5) is 0. The second-order valence-electron chi connectivity index (χ2n) is 5.02. The van der Waals surface area contributed by atoms with Crippen molar-refractivity contribution in [2.75, 3.05) is 0 Å². The number of aromatic nitrogens is 2. The number of hydrogen-bond acceptors (Lipinski definition) is 2. The van der Waals surface area contributed by atoms with Crippen molar-refractivity contribution in [2.45, 2.75) is 32.3 Å². The molecule has 0 amide bonds. The Labute approximate surface area is 130 Å². The van der Waals surface area contributed by atoms with E-state index in [1.807, 2.05) is 14.0 Å². The van der Waals surface area contributed by atoms with Crippen LogP contribution in [0.1, 0.15) is 23.9 Å². The highest BCUT2D eigenvalue weighted by Crippen LogP contribution is 2.23. The molecule has 0 saturated heterocycles. The van der Waals surface area contributed by atoms with Crippen LogP contribution in [0.4, 0.5) is 8.78 Å². The predicted molar refractivity (Wildman–Crippen MR) is 80.1 cm³/mol. The second-order valence-corrected chi connectivity index (χ2v) is 5.82. The molecule has 1 atom stereocenters. The third-order valence-electron chi connectivity index (χ3n) is 3.33. The minimum atomic E-state index is -0.734. The van der Waals surface area contributed by atoms with Gasteiger partial charge in [-0.15, -0.1) is 0 Å². The number of aliphatic hydroxyl groups excluding tert-OH is 1. The van der Waals surface area contributed by atoms with Crippen LogP contribution in [0.3, 0.4) is 0 Å². The Morgan fingerprint density at radius 2 is 1.86 bits per heavy atom. The maximum Gasteiger partial charge on any atom is 0.126 e. The van der Waals surface area contributed by atoms with Gasteiger partial charge in [-0.2, -0.15) is 5.10 Å². The van der Waals surface area contributed by atoms with E-state index < -0.39 is 17.7 Å². The van der Waals surface area contributed by atoms with Crippen molar-refractivity contribution in [1.82, 2.24) is 9.78 Å². The maximum atomic E-state index is 13.1. The Bertz CT molecular complexity index is 623. The third-order valence-corrected chi connectivity index (χ3v) is 4.24. The predicted octanol–water partition coefficient (Wildman–Crippen LogP) is 3.17. The molecular formula is C15H17BrF2N2O. The molecule has 0 saturated carbocycles. The zero-order valence-corrected chi connectivity index (χ0v) is 13.5. The highest BCUT2D eigenvalue weighted by Gasteiger charge is 2.17. The summed E-state index contributed by atoms with van der Waals surface area (Å²) in [5.74, 6) is -1.26. The van der Waals surface area contributed by atoms with E-state index in [0.717, 1.165) is 28.3 Å². The summed E-state index contributed by atoms with van der Waals surface area (Å²) < 4.78 is 28.9. The summed E-state index contributed by atoms with van der Waals surface area (Å²) in [6, 6.07) is 3.30. The van der Waals surface area contributed by atoms with Crippen molar-refractivity contribution in [3.8, 4) is 0 Å². The van der Waals surface area contributed by atoms with Gasteiger partial charge in [0.15, 0.2) is 0 Å². The Balaban J connectivity index is 2.11. The number of nitrogens with zero attached hydrogens (tertiary/aromatic N) is 2. The summed E-state index contributed by atoms with van der Waals surface area (Å²) in [6.45, 7) is 2.00. The van der Waals surface area contributed by atoms with Gasteiger partial charge in [0.2, 0.25) is 0 Å². The van der Waals surface area contributed by atoms with Gasteiger partial charge in [-0.1, -0.05) is 6.92 Å². The number of halogens is 3. The molecule has 3 nitrogen and oxygen atoms in total. The van der Waals surface area contributed by atoms with Crippen LogP contribution >= 0.6 is 15.9 Å². The highest BCUT2D eigenvalue weighted by atomic mass is 79.9. The summed E-state index contributed by atoms with van der Waals surface area (Å²) >= 11 is 3.48. The van der Waals surface area contributed by atoms with Crippen LogP contribution in [-0.4, -0.2) is 21.0 Å². The molecule has 114 valence electrons. The first kappa shape index (κ1) is 16.1. The quantitative estimate of drug-likeness (QED) is 0.891. The summed E-state index contributed by atoms with van der Waals surface area (Å²) in [5, 5.41) is 14.5. The molecule has 1 unspecified atom stereocenters. The van der Waals surface area contributed by atoms with Gasteiger partial charge < -0.3 is 5.11 Å².